The lowest BCUT2D eigenvalue weighted by atomic mass is 9.96. The molecule has 0 bridgehead atoms. The first kappa shape index (κ1) is 18.9. The Morgan fingerprint density at radius 1 is 1.10 bits per heavy atom. The Morgan fingerprint density at radius 3 is 2.66 bits per heavy atom. The summed E-state index contributed by atoms with van der Waals surface area (Å²) in [5, 5.41) is 1.72. The Labute approximate surface area is 184 Å². The Hall–Kier alpha value is -2.05. The highest BCUT2D eigenvalue weighted by Gasteiger charge is 2.44. The number of amidine groups is 1. The molecule has 0 aliphatic carbocycles. The molecular weight excluding hydrogens is 444 g/mol. The molecule has 0 amide bonds. The summed E-state index contributed by atoms with van der Waals surface area (Å²) in [5.41, 5.74) is 6.05. The number of aryl methyl sites for hydroxylation is 1. The maximum absolute atomic E-state index is 5.12. The molecule has 148 valence electrons. The van der Waals surface area contributed by atoms with Crippen molar-refractivity contribution < 1.29 is 0 Å². The minimum absolute atomic E-state index is 0.0272. The van der Waals surface area contributed by atoms with Crippen molar-refractivity contribution in [1.82, 2.24) is 14.5 Å². The number of fused-ring (bicyclic) bond motifs is 1. The molecule has 0 radical (unpaired) electrons. The highest BCUT2D eigenvalue weighted by Crippen LogP contribution is 2.49. The first-order valence-corrected chi connectivity index (χ1v) is 11.6. The molecule has 6 heteroatoms. The van der Waals surface area contributed by atoms with Gasteiger partial charge in [0, 0.05) is 33.9 Å². The van der Waals surface area contributed by atoms with Crippen molar-refractivity contribution >= 4 is 32.9 Å². The highest BCUT2D eigenvalue weighted by atomic mass is 79.9. The molecule has 0 unspecified atom stereocenters. The molecule has 29 heavy (non-hydrogen) atoms. The maximum atomic E-state index is 5.12. The average Bonchev–Trinajstić information content (AvgIpc) is 3.33. The zero-order valence-electron chi connectivity index (χ0n) is 16.7. The smallest absolute Gasteiger partial charge is 0.160 e. The van der Waals surface area contributed by atoms with Crippen molar-refractivity contribution in [3.05, 3.63) is 81.8 Å². The Kier molecular flexibility index (Phi) is 4.79. The predicted molar refractivity (Wildman–Crippen MR) is 124 cm³/mol. The van der Waals surface area contributed by atoms with E-state index in [-0.39, 0.29) is 12.1 Å². The molecule has 0 saturated carbocycles. The van der Waals surface area contributed by atoms with Gasteiger partial charge < -0.3 is 9.47 Å². The van der Waals surface area contributed by atoms with Gasteiger partial charge >= 0.3 is 0 Å². The number of aliphatic imine (C=N–C) groups is 1. The summed E-state index contributed by atoms with van der Waals surface area (Å²) in [6, 6.07) is 17.1. The van der Waals surface area contributed by atoms with E-state index in [1.165, 1.54) is 22.6 Å². The van der Waals surface area contributed by atoms with Gasteiger partial charge in [0.2, 0.25) is 0 Å². The quantitative estimate of drug-likeness (QED) is 0.485. The summed E-state index contributed by atoms with van der Waals surface area (Å²) in [6.45, 7) is 7.71. The second-order valence-corrected chi connectivity index (χ2v) is 10.0. The Bertz CT molecular complexity index is 1090. The number of halogens is 1. The van der Waals surface area contributed by atoms with E-state index in [0.29, 0.717) is 5.25 Å². The standard InChI is InChI=1S/C23H23BrN4S/c1-14-12-17(16(3)28(14)20-10-5-4-8-18(20)24)22-21(19-9-6-7-11-25-19)26-23-27(22)13-15(2)29-23/h4-12,15,21-22H,13H2,1-3H3/t15-,21-,22+/m0/s1. The van der Waals surface area contributed by atoms with E-state index in [9.17, 15) is 0 Å². The van der Waals surface area contributed by atoms with Gasteiger partial charge in [-0.1, -0.05) is 36.9 Å². The zero-order valence-corrected chi connectivity index (χ0v) is 19.1. The molecule has 2 aliphatic rings. The summed E-state index contributed by atoms with van der Waals surface area (Å²) in [6.07, 6.45) is 1.87. The second-order valence-electron chi connectivity index (χ2n) is 7.75. The minimum atomic E-state index is 0.0272. The third-order valence-corrected chi connectivity index (χ3v) is 7.54. The number of benzene rings is 1. The van der Waals surface area contributed by atoms with Gasteiger partial charge in [0.15, 0.2) is 5.17 Å². The van der Waals surface area contributed by atoms with Crippen LogP contribution in [-0.4, -0.2) is 31.4 Å². The van der Waals surface area contributed by atoms with Gasteiger partial charge in [-0.05, 0) is 65.7 Å². The van der Waals surface area contributed by atoms with Crippen LogP contribution in [0.1, 0.15) is 41.7 Å². The van der Waals surface area contributed by atoms with Gasteiger partial charge in [-0.15, -0.1) is 0 Å². The molecule has 2 aliphatic heterocycles. The predicted octanol–water partition coefficient (Wildman–Crippen LogP) is 5.84. The van der Waals surface area contributed by atoms with Gasteiger partial charge in [0.25, 0.3) is 0 Å². The number of rotatable bonds is 3. The van der Waals surface area contributed by atoms with Crippen LogP contribution in [0, 0.1) is 13.8 Å². The van der Waals surface area contributed by atoms with Crippen LogP contribution in [0.25, 0.3) is 5.69 Å². The van der Waals surface area contributed by atoms with E-state index >= 15 is 0 Å². The second kappa shape index (κ2) is 7.33. The van der Waals surface area contributed by atoms with Crippen molar-refractivity contribution in [2.24, 2.45) is 4.99 Å². The zero-order chi connectivity index (χ0) is 20.1. The van der Waals surface area contributed by atoms with Gasteiger partial charge in [-0.3, -0.25) is 9.98 Å². The van der Waals surface area contributed by atoms with Crippen LogP contribution in [0.3, 0.4) is 0 Å². The number of thioether (sulfide) groups is 1. The summed E-state index contributed by atoms with van der Waals surface area (Å²) in [5.74, 6) is 0. The molecule has 5 rings (SSSR count). The monoisotopic (exact) mass is 466 g/mol. The number of hydrogen-bond donors (Lipinski definition) is 0. The highest BCUT2D eigenvalue weighted by molar-refractivity contribution is 9.10. The third-order valence-electron chi connectivity index (χ3n) is 5.76. The lowest BCUT2D eigenvalue weighted by molar-refractivity contribution is 0.320. The first-order chi connectivity index (χ1) is 14.0. The SMILES string of the molecule is Cc1cc([C@@H]2[C@H](c3ccccn3)N=C3S[C@@H](C)CN32)c(C)n1-c1ccccc1Br. The molecule has 1 aromatic carbocycles. The van der Waals surface area contributed by atoms with Crippen molar-refractivity contribution in [2.45, 2.75) is 38.1 Å². The van der Waals surface area contributed by atoms with Gasteiger partial charge in [0.1, 0.15) is 6.04 Å². The van der Waals surface area contributed by atoms with E-state index < -0.39 is 0 Å². The molecule has 3 atom stereocenters. The molecule has 4 nitrogen and oxygen atoms in total. The molecule has 0 spiro atoms. The van der Waals surface area contributed by atoms with Crippen LogP contribution in [0.2, 0.25) is 0 Å². The normalized spacial score (nSPS) is 23.4. The molecule has 3 aromatic rings. The summed E-state index contributed by atoms with van der Waals surface area (Å²) < 4.78 is 3.45. The minimum Gasteiger partial charge on any atom is -0.341 e. The van der Waals surface area contributed by atoms with Gasteiger partial charge in [-0.25, -0.2) is 0 Å². The fourth-order valence-corrected chi connectivity index (χ4v) is 6.10. The van der Waals surface area contributed by atoms with Crippen molar-refractivity contribution in [2.75, 3.05) is 6.54 Å². The number of pyridine rings is 1. The number of aromatic nitrogens is 2. The van der Waals surface area contributed by atoms with Crippen LogP contribution in [0.5, 0.6) is 0 Å². The van der Waals surface area contributed by atoms with E-state index in [4.69, 9.17) is 4.99 Å². The summed E-state index contributed by atoms with van der Waals surface area (Å²) in [7, 11) is 0. The Morgan fingerprint density at radius 2 is 1.90 bits per heavy atom. The lowest BCUT2D eigenvalue weighted by Gasteiger charge is -2.27. The fourth-order valence-electron chi connectivity index (χ4n) is 4.54. The molecule has 1 saturated heterocycles. The number of nitrogens with zero attached hydrogens (tertiary/aromatic N) is 4. The van der Waals surface area contributed by atoms with Gasteiger partial charge in [-0.2, -0.15) is 0 Å². The van der Waals surface area contributed by atoms with E-state index in [1.54, 1.807) is 0 Å². The van der Waals surface area contributed by atoms with Crippen molar-refractivity contribution in [3.63, 3.8) is 0 Å². The number of para-hydroxylation sites is 1. The average molecular weight is 467 g/mol. The molecule has 4 heterocycles. The first-order valence-electron chi connectivity index (χ1n) is 9.90. The van der Waals surface area contributed by atoms with Crippen LogP contribution in [0.15, 0.2) is 64.2 Å². The molecular formula is C23H23BrN4S. The van der Waals surface area contributed by atoms with Gasteiger partial charge in [0.05, 0.1) is 17.4 Å². The van der Waals surface area contributed by atoms with E-state index in [0.717, 1.165) is 21.9 Å². The Balaban J connectivity index is 1.64. The largest absolute Gasteiger partial charge is 0.341 e. The fraction of sp³-hybridized carbons (Fsp3) is 0.304. The topological polar surface area (TPSA) is 33.4 Å². The number of hydrogen-bond acceptors (Lipinski definition) is 4. The van der Waals surface area contributed by atoms with Crippen LogP contribution in [0.4, 0.5) is 0 Å². The van der Waals surface area contributed by atoms with E-state index in [1.807, 2.05) is 24.0 Å². The van der Waals surface area contributed by atoms with E-state index in [2.05, 4.69) is 93.6 Å². The summed E-state index contributed by atoms with van der Waals surface area (Å²) in [4.78, 5) is 12.3. The maximum Gasteiger partial charge on any atom is 0.160 e. The molecule has 2 aromatic heterocycles. The van der Waals surface area contributed by atoms with Crippen molar-refractivity contribution in [1.29, 1.82) is 0 Å². The third kappa shape index (κ3) is 3.13. The molecule has 1 fully saturated rings. The molecule has 0 N–H and O–H groups in total. The van der Waals surface area contributed by atoms with Crippen LogP contribution in [-0.2, 0) is 0 Å². The summed E-state index contributed by atoms with van der Waals surface area (Å²) >= 11 is 5.61. The lowest BCUT2D eigenvalue weighted by Crippen LogP contribution is -2.28. The van der Waals surface area contributed by atoms with Crippen LogP contribution >= 0.6 is 27.7 Å². The van der Waals surface area contributed by atoms with Crippen molar-refractivity contribution in [3.8, 4) is 5.69 Å². The van der Waals surface area contributed by atoms with Crippen LogP contribution < -0.4 is 0 Å².